The standard InChI is InChI=1S/C12H24N2/c1-9-5-7-11-8-6-10(2)14(4)12(11)13(9)3/h9-12H,5-8H2,1-4H3. The first-order chi connectivity index (χ1) is 6.61. The summed E-state index contributed by atoms with van der Waals surface area (Å²) in [6, 6.07) is 1.54. The Kier molecular flexibility index (Phi) is 2.85. The minimum absolute atomic E-state index is 0.711. The van der Waals surface area contributed by atoms with Crippen LogP contribution in [0.15, 0.2) is 0 Å². The van der Waals surface area contributed by atoms with E-state index in [2.05, 4.69) is 37.7 Å². The van der Waals surface area contributed by atoms with Crippen LogP contribution in [0.5, 0.6) is 0 Å². The van der Waals surface area contributed by atoms with E-state index in [9.17, 15) is 0 Å². The Morgan fingerprint density at radius 1 is 0.786 bits per heavy atom. The summed E-state index contributed by atoms with van der Waals surface area (Å²) in [5.41, 5.74) is 0. The van der Waals surface area contributed by atoms with Crippen LogP contribution in [0, 0.1) is 5.92 Å². The minimum atomic E-state index is 0.711. The van der Waals surface area contributed by atoms with Crippen LogP contribution in [0.2, 0.25) is 0 Å². The zero-order valence-electron chi connectivity index (χ0n) is 10.0. The summed E-state index contributed by atoms with van der Waals surface area (Å²) in [6.45, 7) is 4.73. The molecular weight excluding hydrogens is 172 g/mol. The van der Waals surface area contributed by atoms with Crippen LogP contribution in [0.3, 0.4) is 0 Å². The zero-order valence-corrected chi connectivity index (χ0v) is 10.0. The lowest BCUT2D eigenvalue weighted by molar-refractivity contribution is -0.0709. The third-order valence-electron chi connectivity index (χ3n) is 4.56. The monoisotopic (exact) mass is 196 g/mol. The van der Waals surface area contributed by atoms with E-state index in [-0.39, 0.29) is 0 Å². The quantitative estimate of drug-likeness (QED) is 0.586. The lowest BCUT2D eigenvalue weighted by Crippen LogP contribution is -2.60. The number of hydrogen-bond donors (Lipinski definition) is 0. The Bertz CT molecular complexity index is 182. The molecule has 2 saturated heterocycles. The van der Waals surface area contributed by atoms with Crippen LogP contribution in [0.4, 0.5) is 0 Å². The Morgan fingerprint density at radius 2 is 1.21 bits per heavy atom. The first-order valence-electron chi connectivity index (χ1n) is 6.05. The normalized spacial score (nSPS) is 46.3. The first-order valence-corrected chi connectivity index (χ1v) is 6.05. The average molecular weight is 196 g/mol. The molecule has 0 N–H and O–H groups in total. The van der Waals surface area contributed by atoms with Crippen molar-refractivity contribution in [2.24, 2.45) is 5.92 Å². The van der Waals surface area contributed by atoms with Gasteiger partial charge in [0.2, 0.25) is 0 Å². The Balaban J connectivity index is 2.13. The number of likely N-dealkylation sites (tertiary alicyclic amines) is 2. The summed E-state index contributed by atoms with van der Waals surface area (Å²) in [7, 11) is 4.60. The molecule has 0 spiro atoms. The zero-order chi connectivity index (χ0) is 10.3. The molecule has 14 heavy (non-hydrogen) atoms. The number of hydrogen-bond acceptors (Lipinski definition) is 2. The molecule has 2 heteroatoms. The van der Waals surface area contributed by atoms with E-state index in [0.29, 0.717) is 6.17 Å². The van der Waals surface area contributed by atoms with Crippen molar-refractivity contribution in [2.75, 3.05) is 14.1 Å². The van der Waals surface area contributed by atoms with Crippen LogP contribution < -0.4 is 0 Å². The molecule has 0 aromatic rings. The summed E-state index contributed by atoms with van der Waals surface area (Å²) in [5, 5.41) is 0. The molecule has 2 heterocycles. The summed E-state index contributed by atoms with van der Waals surface area (Å²) in [6.07, 6.45) is 6.36. The fourth-order valence-corrected chi connectivity index (χ4v) is 3.23. The maximum Gasteiger partial charge on any atom is 0.0651 e. The largest absolute Gasteiger partial charge is 0.288 e. The van der Waals surface area contributed by atoms with Crippen LogP contribution in [-0.2, 0) is 0 Å². The van der Waals surface area contributed by atoms with Crippen molar-refractivity contribution >= 4 is 0 Å². The van der Waals surface area contributed by atoms with Gasteiger partial charge in [0.15, 0.2) is 0 Å². The maximum absolute atomic E-state index is 2.59. The van der Waals surface area contributed by atoms with Gasteiger partial charge in [-0.05, 0) is 59.5 Å². The van der Waals surface area contributed by atoms with Gasteiger partial charge >= 0.3 is 0 Å². The average Bonchev–Trinajstić information content (AvgIpc) is 2.17. The summed E-state index contributed by atoms with van der Waals surface area (Å²) in [5.74, 6) is 0.928. The molecule has 0 aliphatic carbocycles. The smallest absolute Gasteiger partial charge is 0.0651 e. The number of rotatable bonds is 0. The molecule has 0 aromatic carbocycles. The molecule has 2 rings (SSSR count). The van der Waals surface area contributed by atoms with Crippen molar-refractivity contribution in [3.05, 3.63) is 0 Å². The summed E-state index contributed by atoms with van der Waals surface area (Å²) >= 11 is 0. The van der Waals surface area contributed by atoms with Gasteiger partial charge in [0.05, 0.1) is 6.17 Å². The molecule has 2 aliphatic rings. The van der Waals surface area contributed by atoms with Gasteiger partial charge in [0.25, 0.3) is 0 Å². The molecule has 2 aliphatic heterocycles. The Hall–Kier alpha value is -0.0800. The molecule has 2 unspecified atom stereocenters. The number of fused-ring (bicyclic) bond motifs is 1. The predicted octanol–water partition coefficient (Wildman–Crippen LogP) is 2.16. The highest BCUT2D eigenvalue weighted by Crippen LogP contribution is 2.36. The molecule has 0 radical (unpaired) electrons. The van der Waals surface area contributed by atoms with E-state index in [1.165, 1.54) is 25.7 Å². The molecule has 0 aromatic heterocycles. The van der Waals surface area contributed by atoms with E-state index in [1.54, 1.807) is 0 Å². The van der Waals surface area contributed by atoms with Crippen molar-refractivity contribution in [3.63, 3.8) is 0 Å². The lowest BCUT2D eigenvalue weighted by atomic mass is 9.82. The van der Waals surface area contributed by atoms with Gasteiger partial charge in [0, 0.05) is 12.1 Å². The second-order valence-electron chi connectivity index (χ2n) is 5.36. The van der Waals surface area contributed by atoms with Crippen molar-refractivity contribution in [2.45, 2.75) is 57.8 Å². The maximum atomic E-state index is 2.59. The first kappa shape index (κ1) is 10.4. The third kappa shape index (κ3) is 1.59. The van der Waals surface area contributed by atoms with E-state index >= 15 is 0 Å². The Morgan fingerprint density at radius 3 is 1.64 bits per heavy atom. The van der Waals surface area contributed by atoms with Crippen LogP contribution in [0.1, 0.15) is 39.5 Å². The van der Waals surface area contributed by atoms with Gasteiger partial charge < -0.3 is 0 Å². The predicted molar refractivity (Wildman–Crippen MR) is 60.2 cm³/mol. The molecule has 0 amide bonds. The molecule has 0 bridgehead atoms. The molecule has 2 atom stereocenters. The van der Waals surface area contributed by atoms with E-state index < -0.39 is 0 Å². The molecule has 2 fully saturated rings. The molecule has 2 nitrogen and oxygen atoms in total. The van der Waals surface area contributed by atoms with Gasteiger partial charge in [-0.2, -0.15) is 0 Å². The third-order valence-corrected chi connectivity index (χ3v) is 4.56. The summed E-state index contributed by atoms with van der Waals surface area (Å²) in [4.78, 5) is 5.17. The molecule has 82 valence electrons. The van der Waals surface area contributed by atoms with Crippen molar-refractivity contribution in [1.82, 2.24) is 9.80 Å². The topological polar surface area (TPSA) is 6.48 Å². The minimum Gasteiger partial charge on any atom is -0.288 e. The molecular formula is C12H24N2. The van der Waals surface area contributed by atoms with E-state index in [1.807, 2.05) is 0 Å². The van der Waals surface area contributed by atoms with Crippen molar-refractivity contribution in [3.8, 4) is 0 Å². The lowest BCUT2D eigenvalue weighted by Gasteiger charge is -2.52. The van der Waals surface area contributed by atoms with Gasteiger partial charge in [-0.3, -0.25) is 9.80 Å². The highest BCUT2D eigenvalue weighted by Gasteiger charge is 2.39. The second kappa shape index (κ2) is 3.82. The van der Waals surface area contributed by atoms with Crippen molar-refractivity contribution < 1.29 is 0 Å². The van der Waals surface area contributed by atoms with Crippen LogP contribution in [-0.4, -0.2) is 42.1 Å². The molecule has 0 saturated carbocycles. The fourth-order valence-electron chi connectivity index (χ4n) is 3.23. The Labute approximate surface area is 88.3 Å². The van der Waals surface area contributed by atoms with Crippen molar-refractivity contribution in [1.29, 1.82) is 0 Å². The van der Waals surface area contributed by atoms with Crippen LogP contribution >= 0.6 is 0 Å². The van der Waals surface area contributed by atoms with Crippen LogP contribution in [0.25, 0.3) is 0 Å². The number of piperidine rings is 2. The summed E-state index contributed by atoms with van der Waals surface area (Å²) < 4.78 is 0. The van der Waals surface area contributed by atoms with E-state index in [0.717, 1.165) is 18.0 Å². The van der Waals surface area contributed by atoms with Gasteiger partial charge in [-0.15, -0.1) is 0 Å². The van der Waals surface area contributed by atoms with Gasteiger partial charge in [0.1, 0.15) is 0 Å². The number of nitrogens with zero attached hydrogens (tertiary/aromatic N) is 2. The highest BCUT2D eigenvalue weighted by atomic mass is 15.4. The highest BCUT2D eigenvalue weighted by molar-refractivity contribution is 4.91. The van der Waals surface area contributed by atoms with Gasteiger partial charge in [-0.25, -0.2) is 0 Å². The fraction of sp³-hybridized carbons (Fsp3) is 1.00. The second-order valence-corrected chi connectivity index (χ2v) is 5.36. The van der Waals surface area contributed by atoms with Gasteiger partial charge in [-0.1, -0.05) is 0 Å². The SMILES string of the molecule is CC1CCC2CCC(C)N(C)C2N1C. The van der Waals surface area contributed by atoms with E-state index in [4.69, 9.17) is 0 Å².